The molecule has 0 saturated carbocycles. The Morgan fingerprint density at radius 2 is 1.96 bits per heavy atom. The number of hydrogen-bond acceptors (Lipinski definition) is 4. The molecule has 7 nitrogen and oxygen atoms in total. The van der Waals surface area contributed by atoms with Crippen LogP contribution in [0.15, 0.2) is 18.2 Å². The molecule has 1 aliphatic rings. The lowest BCUT2D eigenvalue weighted by atomic mass is 9.98. The third kappa shape index (κ3) is 5.62. The average Bonchev–Trinajstić information content (AvgIpc) is 2.63. The van der Waals surface area contributed by atoms with Gasteiger partial charge < -0.3 is 25.6 Å². The topological polar surface area (TPSA) is 82.7 Å². The van der Waals surface area contributed by atoms with E-state index in [4.69, 9.17) is 4.74 Å². The van der Waals surface area contributed by atoms with Gasteiger partial charge in [0.15, 0.2) is 0 Å². The Hall–Kier alpha value is -2.28. The highest BCUT2D eigenvalue weighted by molar-refractivity contribution is 6.02. The number of hydrogen-bond donors (Lipinski definition) is 3. The van der Waals surface area contributed by atoms with Crippen molar-refractivity contribution >= 4 is 23.3 Å². The number of benzene rings is 1. The molecule has 1 aromatic carbocycles. The zero-order valence-electron chi connectivity index (χ0n) is 15.9. The Bertz CT molecular complexity index is 613. The van der Waals surface area contributed by atoms with Gasteiger partial charge in [0.25, 0.3) is 5.91 Å². The SMILES string of the molecule is CCNC(=O)Nc1ccc(N2CCC(C)CC2)c(C(=O)NCCOC)c1. The van der Waals surface area contributed by atoms with E-state index >= 15 is 0 Å². The van der Waals surface area contributed by atoms with Crippen LogP contribution in [0.2, 0.25) is 0 Å². The molecular formula is C19H30N4O3. The quantitative estimate of drug-likeness (QED) is 0.651. The van der Waals surface area contributed by atoms with E-state index in [0.717, 1.165) is 31.6 Å². The molecule has 3 amide bonds. The van der Waals surface area contributed by atoms with Gasteiger partial charge in [-0.05, 0) is 43.9 Å². The van der Waals surface area contributed by atoms with Crippen molar-refractivity contribution in [1.82, 2.24) is 10.6 Å². The van der Waals surface area contributed by atoms with Crippen LogP contribution >= 0.6 is 0 Å². The smallest absolute Gasteiger partial charge is 0.319 e. The highest BCUT2D eigenvalue weighted by Crippen LogP contribution is 2.28. The molecule has 26 heavy (non-hydrogen) atoms. The predicted octanol–water partition coefficient (Wildman–Crippen LogP) is 2.44. The van der Waals surface area contributed by atoms with Crippen LogP contribution < -0.4 is 20.9 Å². The van der Waals surface area contributed by atoms with E-state index in [9.17, 15) is 9.59 Å². The maximum atomic E-state index is 12.7. The van der Waals surface area contributed by atoms with Crippen molar-refractivity contribution in [2.24, 2.45) is 5.92 Å². The molecule has 0 spiro atoms. The first-order chi connectivity index (χ1) is 12.5. The van der Waals surface area contributed by atoms with Gasteiger partial charge in [-0.15, -0.1) is 0 Å². The van der Waals surface area contributed by atoms with Gasteiger partial charge in [0, 0.05) is 44.7 Å². The van der Waals surface area contributed by atoms with E-state index in [1.807, 2.05) is 19.1 Å². The Kier molecular flexibility index (Phi) is 7.72. The van der Waals surface area contributed by atoms with Gasteiger partial charge in [-0.25, -0.2) is 4.79 Å². The molecule has 1 aliphatic heterocycles. The van der Waals surface area contributed by atoms with Gasteiger partial charge in [-0.2, -0.15) is 0 Å². The highest BCUT2D eigenvalue weighted by Gasteiger charge is 2.21. The minimum atomic E-state index is -0.280. The maximum Gasteiger partial charge on any atom is 0.319 e. The molecule has 144 valence electrons. The molecule has 2 rings (SSSR count). The molecule has 0 radical (unpaired) electrons. The van der Waals surface area contributed by atoms with Crippen LogP contribution in [0, 0.1) is 5.92 Å². The van der Waals surface area contributed by atoms with E-state index in [-0.39, 0.29) is 11.9 Å². The van der Waals surface area contributed by atoms with Gasteiger partial charge in [0.05, 0.1) is 12.2 Å². The maximum absolute atomic E-state index is 12.7. The standard InChI is InChI=1S/C19H30N4O3/c1-4-20-19(25)22-15-5-6-17(23-10-7-14(2)8-11-23)16(13-15)18(24)21-9-12-26-3/h5-6,13-14H,4,7-12H2,1-3H3,(H,21,24)(H2,20,22,25). The lowest BCUT2D eigenvalue weighted by molar-refractivity contribution is 0.0937. The summed E-state index contributed by atoms with van der Waals surface area (Å²) in [4.78, 5) is 26.7. The number of rotatable bonds is 7. The first-order valence-corrected chi connectivity index (χ1v) is 9.26. The monoisotopic (exact) mass is 362 g/mol. The number of amides is 3. The Morgan fingerprint density at radius 3 is 2.62 bits per heavy atom. The van der Waals surface area contributed by atoms with E-state index in [1.54, 1.807) is 13.2 Å². The average molecular weight is 362 g/mol. The van der Waals surface area contributed by atoms with E-state index < -0.39 is 0 Å². The summed E-state index contributed by atoms with van der Waals surface area (Å²) in [5, 5.41) is 8.33. The zero-order chi connectivity index (χ0) is 18.9. The van der Waals surface area contributed by atoms with Crippen LogP contribution in [0.4, 0.5) is 16.2 Å². The molecule has 0 aromatic heterocycles. The fourth-order valence-electron chi connectivity index (χ4n) is 3.02. The second kappa shape index (κ2) is 10.0. The van der Waals surface area contributed by atoms with Crippen molar-refractivity contribution in [2.45, 2.75) is 26.7 Å². The summed E-state index contributed by atoms with van der Waals surface area (Å²) in [6.45, 7) is 7.42. The molecule has 1 fully saturated rings. The Balaban J connectivity index is 2.21. The van der Waals surface area contributed by atoms with Crippen molar-refractivity contribution < 1.29 is 14.3 Å². The molecule has 1 heterocycles. The van der Waals surface area contributed by atoms with Gasteiger partial charge in [-0.3, -0.25) is 4.79 Å². The summed E-state index contributed by atoms with van der Waals surface area (Å²) in [6, 6.07) is 5.22. The third-order valence-electron chi connectivity index (χ3n) is 4.55. The van der Waals surface area contributed by atoms with Crippen LogP contribution in [0.3, 0.4) is 0 Å². The molecule has 0 atom stereocenters. The fourth-order valence-corrected chi connectivity index (χ4v) is 3.02. The number of ether oxygens (including phenoxy) is 1. The van der Waals surface area contributed by atoms with Gasteiger partial charge in [0.2, 0.25) is 0 Å². The number of nitrogens with zero attached hydrogens (tertiary/aromatic N) is 1. The van der Waals surface area contributed by atoms with Crippen molar-refractivity contribution in [2.75, 3.05) is 50.1 Å². The normalized spacial score (nSPS) is 14.8. The lowest BCUT2D eigenvalue weighted by Gasteiger charge is -2.33. The molecule has 0 unspecified atom stereocenters. The number of urea groups is 1. The zero-order valence-corrected chi connectivity index (χ0v) is 15.9. The van der Waals surface area contributed by atoms with Gasteiger partial charge in [0.1, 0.15) is 0 Å². The number of carbonyl (C=O) groups excluding carboxylic acids is 2. The minimum absolute atomic E-state index is 0.157. The van der Waals surface area contributed by atoms with E-state index in [1.165, 1.54) is 0 Å². The molecule has 1 aromatic rings. The molecular weight excluding hydrogens is 332 g/mol. The molecule has 1 saturated heterocycles. The molecule has 3 N–H and O–H groups in total. The second-order valence-electron chi connectivity index (χ2n) is 6.63. The number of anilines is 2. The molecule has 0 aliphatic carbocycles. The van der Waals surface area contributed by atoms with Crippen LogP contribution in [-0.4, -0.2) is 51.8 Å². The Morgan fingerprint density at radius 1 is 1.23 bits per heavy atom. The van der Waals surface area contributed by atoms with Gasteiger partial charge in [-0.1, -0.05) is 6.92 Å². The number of nitrogens with one attached hydrogen (secondary N) is 3. The summed E-state index contributed by atoms with van der Waals surface area (Å²) >= 11 is 0. The summed E-state index contributed by atoms with van der Waals surface area (Å²) in [6.07, 6.45) is 2.23. The van der Waals surface area contributed by atoms with Crippen molar-refractivity contribution in [1.29, 1.82) is 0 Å². The highest BCUT2D eigenvalue weighted by atomic mass is 16.5. The molecule has 7 heteroatoms. The van der Waals surface area contributed by atoms with Crippen LogP contribution in [0.25, 0.3) is 0 Å². The van der Waals surface area contributed by atoms with Crippen LogP contribution in [0.5, 0.6) is 0 Å². The van der Waals surface area contributed by atoms with Crippen LogP contribution in [-0.2, 0) is 4.74 Å². The molecule has 0 bridgehead atoms. The van der Waals surface area contributed by atoms with Crippen molar-refractivity contribution in [3.63, 3.8) is 0 Å². The number of carbonyl (C=O) groups is 2. The summed E-state index contributed by atoms with van der Waals surface area (Å²) in [5.41, 5.74) is 2.08. The summed E-state index contributed by atoms with van der Waals surface area (Å²) in [7, 11) is 1.60. The Labute approximate surface area is 155 Å². The first kappa shape index (κ1) is 20.0. The lowest BCUT2D eigenvalue weighted by Crippen LogP contribution is -2.35. The summed E-state index contributed by atoms with van der Waals surface area (Å²) in [5.74, 6) is 0.555. The third-order valence-corrected chi connectivity index (χ3v) is 4.55. The van der Waals surface area contributed by atoms with E-state index in [2.05, 4.69) is 27.8 Å². The largest absolute Gasteiger partial charge is 0.383 e. The van der Waals surface area contributed by atoms with Crippen LogP contribution in [0.1, 0.15) is 37.0 Å². The minimum Gasteiger partial charge on any atom is -0.383 e. The van der Waals surface area contributed by atoms with Gasteiger partial charge >= 0.3 is 6.03 Å². The summed E-state index contributed by atoms with van der Waals surface area (Å²) < 4.78 is 5.00. The number of piperidine rings is 1. The fraction of sp³-hybridized carbons (Fsp3) is 0.579. The number of methoxy groups -OCH3 is 1. The van der Waals surface area contributed by atoms with E-state index in [0.29, 0.717) is 36.9 Å². The van der Waals surface area contributed by atoms with Crippen molar-refractivity contribution in [3.8, 4) is 0 Å². The first-order valence-electron chi connectivity index (χ1n) is 9.26. The van der Waals surface area contributed by atoms with Crippen molar-refractivity contribution in [3.05, 3.63) is 23.8 Å². The predicted molar refractivity (Wildman–Crippen MR) is 104 cm³/mol. The second-order valence-corrected chi connectivity index (χ2v) is 6.63.